The zero-order valence-electron chi connectivity index (χ0n) is 10.3. The van der Waals surface area contributed by atoms with Crippen LogP contribution in [0.4, 0.5) is 0 Å². The molecular weight excluding hydrogens is 216 g/mol. The molecule has 0 saturated heterocycles. The zero-order chi connectivity index (χ0) is 11.4. The highest BCUT2D eigenvalue weighted by atomic mass is 32.1. The van der Waals surface area contributed by atoms with Gasteiger partial charge in [0.15, 0.2) is 0 Å². The van der Waals surface area contributed by atoms with Crippen LogP contribution in [0.25, 0.3) is 0 Å². The Hall–Kier alpha value is -0.410. The molecule has 2 rings (SSSR count). The smallest absolute Gasteiger partial charge is 0.0926 e. The van der Waals surface area contributed by atoms with Gasteiger partial charge in [-0.15, -0.1) is 11.3 Å². The van der Waals surface area contributed by atoms with Crippen LogP contribution < -0.4 is 5.32 Å². The van der Waals surface area contributed by atoms with Gasteiger partial charge >= 0.3 is 0 Å². The Morgan fingerprint density at radius 2 is 2.31 bits per heavy atom. The van der Waals surface area contributed by atoms with Crippen LogP contribution >= 0.6 is 11.3 Å². The maximum absolute atomic E-state index is 4.60. The fourth-order valence-electron chi connectivity index (χ4n) is 2.62. The summed E-state index contributed by atoms with van der Waals surface area (Å²) < 4.78 is 0. The monoisotopic (exact) mass is 238 g/mol. The summed E-state index contributed by atoms with van der Waals surface area (Å²) in [5.41, 5.74) is 1.23. The van der Waals surface area contributed by atoms with Gasteiger partial charge < -0.3 is 5.32 Å². The second-order valence-electron chi connectivity index (χ2n) is 4.67. The van der Waals surface area contributed by atoms with E-state index in [2.05, 4.69) is 29.5 Å². The molecule has 1 aromatic rings. The van der Waals surface area contributed by atoms with Gasteiger partial charge in [0, 0.05) is 18.0 Å². The van der Waals surface area contributed by atoms with E-state index in [0.29, 0.717) is 0 Å². The first-order valence-corrected chi connectivity index (χ1v) is 7.38. The minimum Gasteiger partial charge on any atom is -0.308 e. The van der Waals surface area contributed by atoms with E-state index < -0.39 is 0 Å². The molecule has 1 saturated carbocycles. The van der Waals surface area contributed by atoms with Gasteiger partial charge in [0.2, 0.25) is 0 Å². The summed E-state index contributed by atoms with van der Waals surface area (Å²) in [5, 5.41) is 7.14. The van der Waals surface area contributed by atoms with Gasteiger partial charge in [0.25, 0.3) is 0 Å². The lowest BCUT2D eigenvalue weighted by molar-refractivity contribution is 0.388. The standard InChI is InChI=1S/C13H22N2S/c1-3-10-6-5-7-12(10)14-8-11-9-16-13(4-2)15-11/h9-10,12,14H,3-8H2,1-2H3. The van der Waals surface area contributed by atoms with E-state index in [4.69, 9.17) is 0 Å². The number of hydrogen-bond acceptors (Lipinski definition) is 3. The minimum absolute atomic E-state index is 0.733. The first-order valence-electron chi connectivity index (χ1n) is 6.50. The summed E-state index contributed by atoms with van der Waals surface area (Å²) in [7, 11) is 0. The van der Waals surface area contributed by atoms with Gasteiger partial charge in [-0.05, 0) is 25.2 Å². The fourth-order valence-corrected chi connectivity index (χ4v) is 3.37. The van der Waals surface area contributed by atoms with Crippen molar-refractivity contribution in [3.05, 3.63) is 16.1 Å². The van der Waals surface area contributed by atoms with Crippen molar-refractivity contribution >= 4 is 11.3 Å². The van der Waals surface area contributed by atoms with Gasteiger partial charge in [-0.1, -0.05) is 26.7 Å². The first kappa shape index (κ1) is 12.1. The van der Waals surface area contributed by atoms with E-state index in [1.807, 2.05) is 0 Å². The molecule has 1 heterocycles. The number of aryl methyl sites for hydroxylation is 1. The van der Waals surface area contributed by atoms with Crippen LogP contribution in [-0.4, -0.2) is 11.0 Å². The highest BCUT2D eigenvalue weighted by Gasteiger charge is 2.24. The molecule has 0 spiro atoms. The van der Waals surface area contributed by atoms with Crippen LogP contribution in [0.1, 0.15) is 50.2 Å². The summed E-state index contributed by atoms with van der Waals surface area (Å²) in [6.45, 7) is 5.43. The van der Waals surface area contributed by atoms with Gasteiger partial charge in [-0.25, -0.2) is 4.98 Å². The van der Waals surface area contributed by atoms with Gasteiger partial charge in [0.05, 0.1) is 10.7 Å². The molecule has 1 fully saturated rings. The Bertz CT molecular complexity index is 321. The summed E-state index contributed by atoms with van der Waals surface area (Å²) in [6, 6.07) is 0.733. The molecule has 0 radical (unpaired) electrons. The maximum atomic E-state index is 4.60. The van der Waals surface area contributed by atoms with Crippen molar-refractivity contribution in [3.63, 3.8) is 0 Å². The molecule has 2 nitrogen and oxygen atoms in total. The van der Waals surface area contributed by atoms with Gasteiger partial charge in [-0.2, -0.15) is 0 Å². The SMILES string of the molecule is CCc1nc(CNC2CCCC2CC)cs1. The first-order chi connectivity index (χ1) is 7.83. The van der Waals surface area contributed by atoms with Crippen molar-refractivity contribution in [3.8, 4) is 0 Å². The molecule has 2 atom stereocenters. The average Bonchev–Trinajstić information content (AvgIpc) is 2.94. The van der Waals surface area contributed by atoms with Crippen LogP contribution in [0, 0.1) is 5.92 Å². The Labute approximate surface area is 102 Å². The molecule has 0 aromatic carbocycles. The van der Waals surface area contributed by atoms with Crippen molar-refractivity contribution in [2.24, 2.45) is 5.92 Å². The second kappa shape index (κ2) is 5.78. The third-order valence-corrected chi connectivity index (χ3v) is 4.67. The Kier molecular flexibility index (Phi) is 4.36. The molecule has 0 aliphatic heterocycles. The summed E-state index contributed by atoms with van der Waals surface area (Å²) in [5.74, 6) is 0.893. The lowest BCUT2D eigenvalue weighted by atomic mass is 10.0. The minimum atomic E-state index is 0.733. The Balaban J connectivity index is 1.82. The molecule has 16 heavy (non-hydrogen) atoms. The van der Waals surface area contributed by atoms with Gasteiger partial charge in [0.1, 0.15) is 0 Å². The Morgan fingerprint density at radius 3 is 3.00 bits per heavy atom. The van der Waals surface area contributed by atoms with E-state index in [1.165, 1.54) is 36.4 Å². The normalized spacial score (nSPS) is 25.1. The van der Waals surface area contributed by atoms with Crippen molar-refractivity contribution in [2.45, 2.75) is 58.5 Å². The van der Waals surface area contributed by atoms with Crippen LogP contribution in [0.3, 0.4) is 0 Å². The molecule has 2 unspecified atom stereocenters. The molecule has 1 N–H and O–H groups in total. The quantitative estimate of drug-likeness (QED) is 0.850. The molecule has 0 bridgehead atoms. The molecular formula is C13H22N2S. The number of thiazole rings is 1. The van der Waals surface area contributed by atoms with Crippen molar-refractivity contribution in [1.82, 2.24) is 10.3 Å². The lowest BCUT2D eigenvalue weighted by Gasteiger charge is -2.18. The third-order valence-electron chi connectivity index (χ3n) is 3.63. The van der Waals surface area contributed by atoms with Crippen LogP contribution in [0.2, 0.25) is 0 Å². The predicted octanol–water partition coefficient (Wildman–Crippen LogP) is 3.37. The molecule has 0 amide bonds. The third kappa shape index (κ3) is 2.83. The van der Waals surface area contributed by atoms with E-state index in [-0.39, 0.29) is 0 Å². The van der Waals surface area contributed by atoms with E-state index >= 15 is 0 Å². The van der Waals surface area contributed by atoms with Crippen LogP contribution in [0.5, 0.6) is 0 Å². The lowest BCUT2D eigenvalue weighted by Crippen LogP contribution is -2.31. The fraction of sp³-hybridized carbons (Fsp3) is 0.769. The molecule has 1 aliphatic rings. The predicted molar refractivity (Wildman–Crippen MR) is 69.8 cm³/mol. The topological polar surface area (TPSA) is 24.9 Å². The Morgan fingerprint density at radius 1 is 1.44 bits per heavy atom. The van der Waals surface area contributed by atoms with Crippen LogP contribution in [0.15, 0.2) is 5.38 Å². The number of nitrogens with one attached hydrogen (secondary N) is 1. The number of aromatic nitrogens is 1. The van der Waals surface area contributed by atoms with E-state index in [1.54, 1.807) is 11.3 Å². The summed E-state index contributed by atoms with van der Waals surface area (Å²) >= 11 is 1.79. The highest BCUT2D eigenvalue weighted by Crippen LogP contribution is 2.28. The number of hydrogen-bond donors (Lipinski definition) is 1. The molecule has 90 valence electrons. The number of rotatable bonds is 5. The van der Waals surface area contributed by atoms with E-state index in [0.717, 1.165) is 24.9 Å². The molecule has 1 aromatic heterocycles. The summed E-state index contributed by atoms with van der Waals surface area (Å²) in [4.78, 5) is 4.60. The largest absolute Gasteiger partial charge is 0.308 e. The van der Waals surface area contributed by atoms with Crippen molar-refractivity contribution < 1.29 is 0 Å². The van der Waals surface area contributed by atoms with Crippen molar-refractivity contribution in [1.29, 1.82) is 0 Å². The van der Waals surface area contributed by atoms with E-state index in [9.17, 15) is 0 Å². The summed E-state index contributed by atoms with van der Waals surface area (Å²) in [6.07, 6.45) is 6.53. The zero-order valence-corrected chi connectivity index (χ0v) is 11.1. The van der Waals surface area contributed by atoms with Crippen LogP contribution in [-0.2, 0) is 13.0 Å². The second-order valence-corrected chi connectivity index (χ2v) is 5.62. The van der Waals surface area contributed by atoms with Crippen molar-refractivity contribution in [2.75, 3.05) is 0 Å². The highest BCUT2D eigenvalue weighted by molar-refractivity contribution is 7.09. The molecule has 3 heteroatoms. The molecule has 1 aliphatic carbocycles. The average molecular weight is 238 g/mol. The van der Waals surface area contributed by atoms with Gasteiger partial charge in [-0.3, -0.25) is 0 Å². The maximum Gasteiger partial charge on any atom is 0.0926 e. The number of nitrogens with zero attached hydrogens (tertiary/aromatic N) is 1.